The van der Waals surface area contributed by atoms with Crippen LogP contribution in [0.3, 0.4) is 0 Å². The third kappa shape index (κ3) is 73.7. The van der Waals surface area contributed by atoms with Crippen LogP contribution in [-0.4, -0.2) is 73.4 Å². The Labute approximate surface area is 563 Å². The zero-order valence-electron chi connectivity index (χ0n) is 59.8. The van der Waals surface area contributed by atoms with Gasteiger partial charge in [0.1, 0.15) is 13.2 Å². The lowest BCUT2D eigenvalue weighted by Crippen LogP contribution is -2.45. The van der Waals surface area contributed by atoms with Crippen LogP contribution in [0.15, 0.2) is 146 Å². The normalized spacial score (nSPS) is 14.4. The molecule has 0 aliphatic carbocycles. The molecule has 0 saturated heterocycles. The van der Waals surface area contributed by atoms with E-state index >= 15 is 0 Å². The Balaban J connectivity index is 4.14. The molecular weight excluding hydrogens is 1140 g/mol. The van der Waals surface area contributed by atoms with Gasteiger partial charge >= 0.3 is 7.82 Å². The van der Waals surface area contributed by atoms with Crippen LogP contribution in [0.5, 0.6) is 0 Å². The lowest BCUT2D eigenvalue weighted by atomic mass is 10.0. The number of rotatable bonds is 68. The second-order valence-electron chi connectivity index (χ2n) is 26.3. The number of aliphatic hydroxyl groups is 1. The van der Waals surface area contributed by atoms with Gasteiger partial charge < -0.3 is 19.8 Å². The lowest BCUT2D eigenvalue weighted by Gasteiger charge is -2.25. The highest BCUT2D eigenvalue weighted by atomic mass is 31.2. The van der Waals surface area contributed by atoms with E-state index < -0.39 is 20.0 Å². The Hall–Kier alpha value is -3.62. The molecule has 0 bridgehead atoms. The molecule has 0 radical (unpaired) electrons. The lowest BCUT2D eigenvalue weighted by molar-refractivity contribution is -0.870. The molecule has 0 aromatic rings. The molecule has 0 saturated carbocycles. The van der Waals surface area contributed by atoms with Crippen molar-refractivity contribution in [1.82, 2.24) is 5.32 Å². The molecule has 0 aromatic carbocycles. The molecule has 1 amide bonds. The molecule has 0 fully saturated rings. The molecule has 3 N–H and O–H groups in total. The largest absolute Gasteiger partial charge is 0.472 e. The van der Waals surface area contributed by atoms with E-state index in [0.29, 0.717) is 17.4 Å². The number of quaternary nitrogens is 1. The minimum absolute atomic E-state index is 0.0467. The van der Waals surface area contributed by atoms with E-state index in [9.17, 15) is 19.4 Å². The SMILES string of the molecule is CC/C=C\C/C=C\C/C=C\C/C=C\C/C=C\C/C=C\C/C=C\C/C=C\C/C=C\CCCCCCCCCCCCCC(=O)NC(COP(=O)(O)OCC[N+](C)(C)C)C(O)/C=C/CC/C=C/CC/C=C/CCCCCCCCCCCCCCCCCCCCCC. The van der Waals surface area contributed by atoms with Crippen LogP contribution in [0, 0.1) is 0 Å². The van der Waals surface area contributed by atoms with E-state index in [1.807, 2.05) is 27.2 Å². The molecule has 0 spiro atoms. The van der Waals surface area contributed by atoms with Crippen LogP contribution in [0.2, 0.25) is 0 Å². The molecule has 9 heteroatoms. The summed E-state index contributed by atoms with van der Waals surface area (Å²) in [7, 11) is 1.53. The fraction of sp³-hybridized carbons (Fsp3) is 0.695. The zero-order chi connectivity index (χ0) is 66.2. The van der Waals surface area contributed by atoms with Crippen molar-refractivity contribution in [3.8, 4) is 0 Å². The smallest absolute Gasteiger partial charge is 0.387 e. The standard InChI is InChI=1S/C82H143N2O6P/c1-6-8-10-12-14-16-18-20-22-24-26-28-30-32-34-36-38-39-40-41-42-43-44-45-46-48-50-52-54-56-58-60-62-64-66-68-70-72-74-76-82(86)83-80(79-90-91(87,88)89-78-77-84(3,4)5)81(85)75-73-71-69-67-65-63-61-59-57-55-53-51-49-47-37-35-33-31-29-27-25-23-21-19-17-15-13-11-9-7-2/h8,10,14,16,20,22,26,28,32,34,38-39,41-42,44-45,48,50,57,59,65,67,73,75,80-81,85H,6-7,9,11-13,15,17-19,21,23-25,27,29-31,33,35-37,40,43,46-47,49,51-56,58,60-64,66,68-72,74,76-79H2,1-5H3,(H-,83,86,87,88)/p+1/b10-8-,16-14-,22-20-,28-26-,34-32-,39-38-,42-41-,45-44-,50-48-,59-57+,67-65+,75-73+. The highest BCUT2D eigenvalue weighted by molar-refractivity contribution is 7.47. The first-order valence-electron chi connectivity index (χ1n) is 37.7. The van der Waals surface area contributed by atoms with Gasteiger partial charge in [0.05, 0.1) is 39.9 Å². The maximum Gasteiger partial charge on any atom is 0.472 e. The second-order valence-corrected chi connectivity index (χ2v) is 27.7. The maximum atomic E-state index is 13.1. The van der Waals surface area contributed by atoms with Crippen molar-refractivity contribution in [2.45, 2.75) is 328 Å². The number of phosphoric acid groups is 1. The van der Waals surface area contributed by atoms with Gasteiger partial charge in [-0.3, -0.25) is 13.8 Å². The van der Waals surface area contributed by atoms with Crippen molar-refractivity contribution in [2.24, 2.45) is 0 Å². The maximum absolute atomic E-state index is 13.1. The van der Waals surface area contributed by atoms with E-state index in [0.717, 1.165) is 109 Å². The van der Waals surface area contributed by atoms with E-state index in [4.69, 9.17) is 9.05 Å². The van der Waals surface area contributed by atoms with Gasteiger partial charge in [-0.25, -0.2) is 4.57 Å². The number of phosphoric ester groups is 1. The minimum Gasteiger partial charge on any atom is -0.387 e. The average molecular weight is 1290 g/mol. The summed E-state index contributed by atoms with van der Waals surface area (Å²) < 4.78 is 23.8. The summed E-state index contributed by atoms with van der Waals surface area (Å²) in [5.41, 5.74) is 0. The molecule has 3 atom stereocenters. The number of likely N-dealkylation sites (N-methyl/N-ethyl adjacent to an activating group) is 1. The van der Waals surface area contributed by atoms with Crippen LogP contribution >= 0.6 is 7.82 Å². The van der Waals surface area contributed by atoms with E-state index in [1.165, 1.54) is 186 Å². The summed E-state index contributed by atoms with van der Waals surface area (Å²) in [4.78, 5) is 23.5. The quantitative estimate of drug-likeness (QED) is 0.0243. The predicted molar refractivity (Wildman–Crippen MR) is 401 cm³/mol. The van der Waals surface area contributed by atoms with Gasteiger partial charge in [0.2, 0.25) is 5.91 Å². The Morgan fingerprint density at radius 2 is 0.670 bits per heavy atom. The van der Waals surface area contributed by atoms with Crippen LogP contribution in [-0.2, 0) is 18.4 Å². The predicted octanol–water partition coefficient (Wildman–Crippen LogP) is 24.7. The summed E-state index contributed by atoms with van der Waals surface area (Å²) in [6, 6.07) is -0.884. The third-order valence-corrected chi connectivity index (χ3v) is 17.3. The van der Waals surface area contributed by atoms with Gasteiger partial charge in [-0.05, 0) is 116 Å². The Kier molecular flexibility index (Phi) is 67.9. The molecule has 3 unspecified atom stereocenters. The monoisotopic (exact) mass is 1280 g/mol. The minimum atomic E-state index is -4.38. The van der Waals surface area contributed by atoms with Crippen molar-refractivity contribution < 1.29 is 32.9 Å². The Bertz CT molecular complexity index is 2000. The Morgan fingerprint density at radius 1 is 0.385 bits per heavy atom. The highest BCUT2D eigenvalue weighted by Gasteiger charge is 2.28. The van der Waals surface area contributed by atoms with Crippen molar-refractivity contribution in [3.63, 3.8) is 0 Å². The molecule has 0 heterocycles. The second kappa shape index (κ2) is 70.7. The average Bonchev–Trinajstić information content (AvgIpc) is 3.58. The molecule has 0 rings (SSSR count). The van der Waals surface area contributed by atoms with Crippen molar-refractivity contribution in [3.05, 3.63) is 146 Å². The first-order valence-corrected chi connectivity index (χ1v) is 39.2. The van der Waals surface area contributed by atoms with Crippen molar-refractivity contribution >= 4 is 13.7 Å². The number of hydrogen-bond acceptors (Lipinski definition) is 5. The fourth-order valence-electron chi connectivity index (χ4n) is 10.5. The van der Waals surface area contributed by atoms with E-state index in [1.54, 1.807) is 6.08 Å². The van der Waals surface area contributed by atoms with Crippen molar-refractivity contribution in [2.75, 3.05) is 40.9 Å². The number of allylic oxidation sites excluding steroid dienone is 23. The topological polar surface area (TPSA) is 105 Å². The summed E-state index contributed by atoms with van der Waals surface area (Å²) in [5.74, 6) is -0.197. The molecule has 0 aromatic heterocycles. The van der Waals surface area contributed by atoms with Gasteiger partial charge in [-0.2, -0.15) is 0 Å². The van der Waals surface area contributed by atoms with Crippen LogP contribution in [0.1, 0.15) is 316 Å². The number of aliphatic hydroxyl groups excluding tert-OH is 1. The van der Waals surface area contributed by atoms with Crippen LogP contribution < -0.4 is 5.32 Å². The van der Waals surface area contributed by atoms with Gasteiger partial charge in [-0.15, -0.1) is 0 Å². The van der Waals surface area contributed by atoms with E-state index in [2.05, 4.69) is 153 Å². The fourth-order valence-corrected chi connectivity index (χ4v) is 11.2. The molecule has 8 nitrogen and oxygen atoms in total. The summed E-state index contributed by atoms with van der Waals surface area (Å²) in [6.07, 6.45) is 109. The van der Waals surface area contributed by atoms with Crippen LogP contribution in [0.25, 0.3) is 0 Å². The summed E-state index contributed by atoms with van der Waals surface area (Å²) >= 11 is 0. The number of amides is 1. The number of hydrogen-bond donors (Lipinski definition) is 3. The first kappa shape index (κ1) is 87.4. The molecule has 522 valence electrons. The van der Waals surface area contributed by atoms with Crippen LogP contribution in [0.4, 0.5) is 0 Å². The number of nitrogens with zero attached hydrogens (tertiary/aromatic N) is 1. The molecular formula is C82H144N2O6P+. The van der Waals surface area contributed by atoms with E-state index in [-0.39, 0.29) is 19.1 Å². The third-order valence-electron chi connectivity index (χ3n) is 16.3. The number of unbranched alkanes of at least 4 members (excludes halogenated alkanes) is 33. The first-order chi connectivity index (χ1) is 44.5. The van der Waals surface area contributed by atoms with Gasteiger partial charge in [0.25, 0.3) is 0 Å². The summed E-state index contributed by atoms with van der Waals surface area (Å²) in [5, 5.41) is 14.0. The highest BCUT2D eigenvalue weighted by Crippen LogP contribution is 2.43. The summed E-state index contributed by atoms with van der Waals surface area (Å²) in [6.45, 7) is 4.69. The molecule has 0 aliphatic heterocycles. The van der Waals surface area contributed by atoms with Gasteiger partial charge in [-0.1, -0.05) is 339 Å². The van der Waals surface area contributed by atoms with Gasteiger partial charge in [0, 0.05) is 6.42 Å². The van der Waals surface area contributed by atoms with Gasteiger partial charge in [0.15, 0.2) is 0 Å². The molecule has 91 heavy (non-hydrogen) atoms. The number of nitrogens with one attached hydrogen (secondary N) is 1. The zero-order valence-corrected chi connectivity index (χ0v) is 60.7. The number of carbonyl (C=O) groups excluding carboxylic acids is 1. The Morgan fingerprint density at radius 3 is 1.01 bits per heavy atom. The number of carbonyl (C=O) groups is 1. The molecule has 0 aliphatic rings. The van der Waals surface area contributed by atoms with Crippen molar-refractivity contribution in [1.29, 1.82) is 0 Å².